The molecule has 2 rings (SSSR count). The summed E-state index contributed by atoms with van der Waals surface area (Å²) < 4.78 is 10.5. The highest BCUT2D eigenvalue weighted by molar-refractivity contribution is 5.94. The van der Waals surface area contributed by atoms with Gasteiger partial charge < -0.3 is 20.1 Å². The highest BCUT2D eigenvalue weighted by Crippen LogP contribution is 2.31. The molecule has 1 aliphatic rings. The van der Waals surface area contributed by atoms with Crippen LogP contribution in [0.15, 0.2) is 30.3 Å². The molecular weight excluding hydrogens is 384 g/mol. The summed E-state index contributed by atoms with van der Waals surface area (Å²) in [7, 11) is 0. The van der Waals surface area contributed by atoms with Crippen LogP contribution in [0.5, 0.6) is 0 Å². The molecule has 0 radical (unpaired) electrons. The Kier molecular flexibility index (Phi) is 8.26. The molecule has 2 N–H and O–H groups in total. The Balaban J connectivity index is 2.09. The molecule has 1 aliphatic carbocycles. The monoisotopic (exact) mass is 418 g/mol. The molecule has 30 heavy (non-hydrogen) atoms. The lowest BCUT2D eigenvalue weighted by Gasteiger charge is -2.35. The van der Waals surface area contributed by atoms with Gasteiger partial charge in [0.1, 0.15) is 17.7 Å². The van der Waals surface area contributed by atoms with E-state index in [9.17, 15) is 14.4 Å². The fourth-order valence-electron chi connectivity index (χ4n) is 4.00. The Morgan fingerprint density at radius 2 is 1.73 bits per heavy atom. The Labute approximate surface area is 178 Å². The van der Waals surface area contributed by atoms with Gasteiger partial charge in [0, 0.05) is 0 Å². The van der Waals surface area contributed by atoms with E-state index in [4.69, 9.17) is 9.47 Å². The molecule has 166 valence electrons. The van der Waals surface area contributed by atoms with E-state index in [0.29, 0.717) is 19.3 Å². The maximum absolute atomic E-state index is 13.3. The van der Waals surface area contributed by atoms with Gasteiger partial charge in [-0.25, -0.2) is 9.59 Å². The number of alkyl carbamates (subject to hydrolysis) is 1. The van der Waals surface area contributed by atoms with Gasteiger partial charge in [0.2, 0.25) is 5.91 Å². The number of benzene rings is 1. The summed E-state index contributed by atoms with van der Waals surface area (Å²) in [6.07, 6.45) is 2.42. The summed E-state index contributed by atoms with van der Waals surface area (Å²) in [5.41, 5.74) is -1.38. The Morgan fingerprint density at radius 3 is 2.30 bits per heavy atom. The molecule has 2 amide bonds. The molecule has 0 unspecified atom stereocenters. The Bertz CT molecular complexity index is 728. The minimum atomic E-state index is -1.16. The lowest BCUT2D eigenvalue weighted by atomic mass is 9.88. The summed E-state index contributed by atoms with van der Waals surface area (Å²) >= 11 is 0. The van der Waals surface area contributed by atoms with E-state index >= 15 is 0 Å². The van der Waals surface area contributed by atoms with Crippen molar-refractivity contribution in [2.75, 3.05) is 6.61 Å². The number of esters is 1. The van der Waals surface area contributed by atoms with Gasteiger partial charge in [-0.3, -0.25) is 4.79 Å². The summed E-state index contributed by atoms with van der Waals surface area (Å²) in [5, 5.41) is 5.67. The molecule has 0 aromatic heterocycles. The number of carbonyl (C=O) groups is 3. The third-order valence-corrected chi connectivity index (χ3v) is 5.38. The average molecular weight is 419 g/mol. The average Bonchev–Trinajstić information content (AvgIpc) is 3.16. The van der Waals surface area contributed by atoms with Crippen molar-refractivity contribution in [2.45, 2.75) is 77.5 Å². The van der Waals surface area contributed by atoms with Crippen LogP contribution in [0.2, 0.25) is 0 Å². The van der Waals surface area contributed by atoms with Crippen LogP contribution in [-0.2, 0) is 25.7 Å². The molecule has 1 saturated carbocycles. The minimum absolute atomic E-state index is 0.123. The number of rotatable bonds is 9. The maximum atomic E-state index is 13.3. The lowest BCUT2D eigenvalue weighted by Crippen LogP contribution is -2.64. The van der Waals surface area contributed by atoms with E-state index in [0.717, 1.165) is 18.4 Å². The van der Waals surface area contributed by atoms with E-state index in [1.54, 1.807) is 13.8 Å². The maximum Gasteiger partial charge on any atom is 0.408 e. The van der Waals surface area contributed by atoms with Gasteiger partial charge in [0.05, 0.1) is 6.61 Å². The smallest absolute Gasteiger partial charge is 0.408 e. The summed E-state index contributed by atoms with van der Waals surface area (Å²) in [5.74, 6) is -0.664. The first kappa shape index (κ1) is 23.7. The highest BCUT2D eigenvalue weighted by atomic mass is 16.5. The number of hydrogen-bond donors (Lipinski definition) is 2. The summed E-state index contributed by atoms with van der Waals surface area (Å²) in [6, 6.07) is 9.35. The van der Waals surface area contributed by atoms with Crippen molar-refractivity contribution in [1.82, 2.24) is 10.6 Å². The van der Waals surface area contributed by atoms with Gasteiger partial charge in [-0.2, -0.15) is 0 Å². The van der Waals surface area contributed by atoms with Crippen molar-refractivity contribution in [3.05, 3.63) is 35.9 Å². The van der Waals surface area contributed by atoms with Crippen LogP contribution >= 0.6 is 0 Å². The molecule has 0 spiro atoms. The normalized spacial score (nSPS) is 17.1. The fourth-order valence-corrected chi connectivity index (χ4v) is 4.00. The van der Waals surface area contributed by atoms with Crippen LogP contribution in [0, 0.1) is 5.92 Å². The van der Waals surface area contributed by atoms with Crippen LogP contribution in [0.4, 0.5) is 4.79 Å². The highest BCUT2D eigenvalue weighted by Gasteiger charge is 2.47. The van der Waals surface area contributed by atoms with E-state index in [1.165, 1.54) is 0 Å². The Hall–Kier alpha value is -2.57. The van der Waals surface area contributed by atoms with Crippen molar-refractivity contribution in [3.8, 4) is 0 Å². The van der Waals surface area contributed by atoms with Crippen LogP contribution in [-0.4, -0.2) is 35.7 Å². The first-order valence-corrected chi connectivity index (χ1v) is 10.7. The minimum Gasteiger partial charge on any atom is -0.464 e. The third kappa shape index (κ3) is 6.21. The van der Waals surface area contributed by atoms with Crippen molar-refractivity contribution >= 4 is 18.0 Å². The van der Waals surface area contributed by atoms with Crippen LogP contribution in [0.25, 0.3) is 0 Å². The molecule has 1 aromatic rings. The number of nitrogens with one attached hydrogen (secondary N) is 2. The molecule has 7 nitrogen and oxygen atoms in total. The molecule has 0 aliphatic heterocycles. The number of ether oxygens (including phenoxy) is 2. The number of carbonyl (C=O) groups excluding carboxylic acids is 3. The van der Waals surface area contributed by atoms with Crippen molar-refractivity contribution in [2.24, 2.45) is 5.92 Å². The zero-order valence-electron chi connectivity index (χ0n) is 18.5. The zero-order valence-corrected chi connectivity index (χ0v) is 18.5. The first-order valence-electron chi connectivity index (χ1n) is 10.7. The molecule has 1 atom stereocenters. The van der Waals surface area contributed by atoms with Crippen molar-refractivity contribution in [3.63, 3.8) is 0 Å². The first-order chi connectivity index (χ1) is 14.2. The predicted octanol–water partition coefficient (Wildman–Crippen LogP) is 3.71. The van der Waals surface area contributed by atoms with Gasteiger partial charge >= 0.3 is 12.1 Å². The number of hydrogen-bond acceptors (Lipinski definition) is 5. The molecular formula is C23H34N2O5. The Morgan fingerprint density at radius 1 is 1.10 bits per heavy atom. The summed E-state index contributed by atoms with van der Waals surface area (Å²) in [6.45, 7) is 7.73. The molecule has 1 aromatic carbocycles. The van der Waals surface area contributed by atoms with Gasteiger partial charge in [0.25, 0.3) is 0 Å². The predicted molar refractivity (Wildman–Crippen MR) is 114 cm³/mol. The van der Waals surface area contributed by atoms with Crippen molar-refractivity contribution < 1.29 is 23.9 Å². The molecule has 0 saturated heterocycles. The van der Waals surface area contributed by atoms with Crippen LogP contribution in [0.3, 0.4) is 0 Å². The van der Waals surface area contributed by atoms with Crippen LogP contribution in [0.1, 0.15) is 65.4 Å². The SMILES string of the molecule is CCOC(=O)[C@](C)(CC(C)C)NC(=O)C1(NC(=O)OCc2ccccc2)CCCC1. The molecule has 1 fully saturated rings. The zero-order chi connectivity index (χ0) is 22.2. The second kappa shape index (κ2) is 10.5. The standard InChI is InChI=1S/C23H34N2O5/c1-5-29-20(27)22(4,15-17(2)3)24-19(26)23(13-9-10-14-23)25-21(28)30-16-18-11-7-6-8-12-18/h6-8,11-12,17H,5,9-10,13-16H2,1-4H3,(H,24,26)(H,25,28)/t22-/m0/s1. The largest absolute Gasteiger partial charge is 0.464 e. The number of amides is 2. The van der Waals surface area contributed by atoms with Gasteiger partial charge in [-0.05, 0) is 44.6 Å². The van der Waals surface area contributed by atoms with E-state index in [2.05, 4.69) is 10.6 Å². The second-order valence-corrected chi connectivity index (χ2v) is 8.58. The summed E-state index contributed by atoms with van der Waals surface area (Å²) in [4.78, 5) is 38.3. The second-order valence-electron chi connectivity index (χ2n) is 8.58. The quantitative estimate of drug-likeness (QED) is 0.596. The topological polar surface area (TPSA) is 93.7 Å². The van der Waals surface area contributed by atoms with Gasteiger partial charge in [-0.15, -0.1) is 0 Å². The van der Waals surface area contributed by atoms with Crippen LogP contribution < -0.4 is 10.6 Å². The third-order valence-electron chi connectivity index (χ3n) is 5.38. The molecule has 7 heteroatoms. The van der Waals surface area contributed by atoms with Gasteiger partial charge in [-0.1, -0.05) is 57.0 Å². The molecule has 0 heterocycles. The van der Waals surface area contributed by atoms with Crippen molar-refractivity contribution in [1.29, 1.82) is 0 Å². The molecule has 0 bridgehead atoms. The van der Waals surface area contributed by atoms with E-state index in [-0.39, 0.29) is 25.0 Å². The lowest BCUT2D eigenvalue weighted by molar-refractivity contribution is -0.154. The fraction of sp³-hybridized carbons (Fsp3) is 0.609. The van der Waals surface area contributed by atoms with E-state index in [1.807, 2.05) is 44.2 Å². The van der Waals surface area contributed by atoms with Gasteiger partial charge in [0.15, 0.2) is 0 Å². The van der Waals surface area contributed by atoms with E-state index < -0.39 is 23.1 Å².